The molecule has 5 heteroatoms. The van der Waals surface area contributed by atoms with E-state index in [0.29, 0.717) is 16.8 Å². The number of nitrogens with one attached hydrogen (secondary N) is 2. The van der Waals surface area contributed by atoms with E-state index in [1.807, 2.05) is 32.0 Å². The third-order valence-electron chi connectivity index (χ3n) is 4.48. The monoisotopic (exact) mass is 374 g/mol. The van der Waals surface area contributed by atoms with E-state index in [1.165, 1.54) is 0 Å². The van der Waals surface area contributed by atoms with E-state index >= 15 is 0 Å². The predicted molar refractivity (Wildman–Crippen MR) is 111 cm³/mol. The van der Waals surface area contributed by atoms with Crippen LogP contribution in [0.15, 0.2) is 66.7 Å². The Morgan fingerprint density at radius 3 is 1.71 bits per heavy atom. The van der Waals surface area contributed by atoms with Crippen molar-refractivity contribution in [2.24, 2.45) is 0 Å². The summed E-state index contributed by atoms with van der Waals surface area (Å²) < 4.78 is 5.10. The molecule has 0 heterocycles. The summed E-state index contributed by atoms with van der Waals surface area (Å²) in [6, 6.07) is 19.5. The van der Waals surface area contributed by atoms with Crippen LogP contribution < -0.4 is 15.4 Å². The fourth-order valence-corrected chi connectivity index (χ4v) is 2.85. The summed E-state index contributed by atoms with van der Waals surface area (Å²) in [4.78, 5) is 24.9. The lowest BCUT2D eigenvalue weighted by Gasteiger charge is -2.12. The number of methoxy groups -OCH3 is 1. The SMILES string of the molecule is COc1ccc(NC(=O)c2ccc(C(=O)Nc3c(C)cccc3C)cc2)cc1. The van der Waals surface area contributed by atoms with E-state index in [4.69, 9.17) is 4.74 Å². The van der Waals surface area contributed by atoms with E-state index in [0.717, 1.165) is 22.6 Å². The van der Waals surface area contributed by atoms with E-state index in [2.05, 4.69) is 10.6 Å². The van der Waals surface area contributed by atoms with Crippen LogP contribution in [0.1, 0.15) is 31.8 Å². The van der Waals surface area contributed by atoms with Gasteiger partial charge in [-0.3, -0.25) is 9.59 Å². The third kappa shape index (κ3) is 4.38. The van der Waals surface area contributed by atoms with E-state index in [-0.39, 0.29) is 11.8 Å². The molecule has 0 saturated carbocycles. The number of aryl methyl sites for hydroxylation is 2. The van der Waals surface area contributed by atoms with Gasteiger partial charge in [-0.05, 0) is 73.5 Å². The van der Waals surface area contributed by atoms with Gasteiger partial charge in [-0.15, -0.1) is 0 Å². The molecule has 28 heavy (non-hydrogen) atoms. The van der Waals surface area contributed by atoms with Gasteiger partial charge in [0, 0.05) is 22.5 Å². The Hall–Kier alpha value is -3.60. The molecule has 0 radical (unpaired) electrons. The molecule has 0 bridgehead atoms. The smallest absolute Gasteiger partial charge is 0.255 e. The summed E-state index contributed by atoms with van der Waals surface area (Å²) >= 11 is 0. The number of carbonyl (C=O) groups is 2. The molecule has 0 aliphatic rings. The van der Waals surface area contributed by atoms with E-state index in [1.54, 1.807) is 55.6 Å². The Labute approximate surface area is 164 Å². The molecule has 142 valence electrons. The van der Waals surface area contributed by atoms with Gasteiger partial charge in [0.15, 0.2) is 0 Å². The minimum absolute atomic E-state index is 0.209. The highest BCUT2D eigenvalue weighted by atomic mass is 16.5. The quantitative estimate of drug-likeness (QED) is 0.673. The fraction of sp³-hybridized carbons (Fsp3) is 0.130. The topological polar surface area (TPSA) is 67.4 Å². The first-order valence-corrected chi connectivity index (χ1v) is 8.91. The Balaban J connectivity index is 1.68. The highest BCUT2D eigenvalue weighted by Gasteiger charge is 2.11. The zero-order valence-electron chi connectivity index (χ0n) is 16.1. The van der Waals surface area contributed by atoms with Crippen LogP contribution in [0.25, 0.3) is 0 Å². The van der Waals surface area contributed by atoms with Crippen molar-refractivity contribution in [2.75, 3.05) is 17.7 Å². The maximum atomic E-state index is 12.5. The molecule has 0 unspecified atom stereocenters. The van der Waals surface area contributed by atoms with Crippen molar-refractivity contribution in [3.05, 3.63) is 89.0 Å². The van der Waals surface area contributed by atoms with Crippen LogP contribution in [0.3, 0.4) is 0 Å². The first-order chi connectivity index (χ1) is 13.5. The lowest BCUT2D eigenvalue weighted by atomic mass is 10.1. The molecule has 0 spiro atoms. The lowest BCUT2D eigenvalue weighted by molar-refractivity contribution is 0.101. The number of carbonyl (C=O) groups excluding carboxylic acids is 2. The predicted octanol–water partition coefficient (Wildman–Crippen LogP) is 4.82. The molecule has 3 aromatic carbocycles. The van der Waals surface area contributed by atoms with Gasteiger partial charge in [-0.25, -0.2) is 0 Å². The summed E-state index contributed by atoms with van der Waals surface area (Å²) in [5.74, 6) is 0.267. The Bertz CT molecular complexity index is 973. The first-order valence-electron chi connectivity index (χ1n) is 8.91. The highest BCUT2D eigenvalue weighted by Crippen LogP contribution is 2.21. The molecule has 5 nitrogen and oxygen atoms in total. The second kappa shape index (κ2) is 8.39. The third-order valence-corrected chi connectivity index (χ3v) is 4.48. The van der Waals surface area contributed by atoms with Gasteiger partial charge < -0.3 is 15.4 Å². The van der Waals surface area contributed by atoms with Crippen molar-refractivity contribution < 1.29 is 14.3 Å². The average molecular weight is 374 g/mol. The van der Waals surface area contributed by atoms with Gasteiger partial charge >= 0.3 is 0 Å². The van der Waals surface area contributed by atoms with E-state index < -0.39 is 0 Å². The van der Waals surface area contributed by atoms with Gasteiger partial charge in [0.2, 0.25) is 0 Å². The molecule has 2 amide bonds. The number of benzene rings is 3. The minimum Gasteiger partial charge on any atom is -0.497 e. The average Bonchev–Trinajstić information content (AvgIpc) is 2.71. The van der Waals surface area contributed by atoms with Crippen LogP contribution in [0.4, 0.5) is 11.4 Å². The lowest BCUT2D eigenvalue weighted by Crippen LogP contribution is -2.15. The maximum absolute atomic E-state index is 12.5. The molecule has 0 aromatic heterocycles. The molecular weight excluding hydrogens is 352 g/mol. The summed E-state index contributed by atoms with van der Waals surface area (Å²) in [7, 11) is 1.59. The number of para-hydroxylation sites is 1. The van der Waals surface area contributed by atoms with Crippen LogP contribution in [0, 0.1) is 13.8 Å². The number of anilines is 2. The van der Waals surface area contributed by atoms with Gasteiger partial charge in [0.1, 0.15) is 5.75 Å². The molecule has 0 aliphatic carbocycles. The van der Waals surface area contributed by atoms with Crippen molar-refractivity contribution in [3.63, 3.8) is 0 Å². The Kier molecular flexibility index (Phi) is 5.75. The standard InChI is InChI=1S/C23H22N2O3/c1-15-5-4-6-16(2)21(15)25-23(27)18-9-7-17(8-10-18)22(26)24-19-11-13-20(28-3)14-12-19/h4-14H,1-3H3,(H,24,26)(H,25,27). The number of ether oxygens (including phenoxy) is 1. The van der Waals surface area contributed by atoms with Crippen LogP contribution >= 0.6 is 0 Å². The fourth-order valence-electron chi connectivity index (χ4n) is 2.85. The second-order valence-electron chi connectivity index (χ2n) is 6.48. The molecule has 3 aromatic rings. The van der Waals surface area contributed by atoms with Gasteiger partial charge in [0.25, 0.3) is 11.8 Å². The zero-order valence-corrected chi connectivity index (χ0v) is 16.1. The van der Waals surface area contributed by atoms with Crippen molar-refractivity contribution in [3.8, 4) is 5.75 Å². The molecule has 0 aliphatic heterocycles. The molecule has 0 atom stereocenters. The van der Waals surface area contributed by atoms with Gasteiger partial charge in [-0.2, -0.15) is 0 Å². The maximum Gasteiger partial charge on any atom is 0.255 e. The molecular formula is C23H22N2O3. The zero-order chi connectivity index (χ0) is 20.1. The van der Waals surface area contributed by atoms with Crippen molar-refractivity contribution >= 4 is 23.2 Å². The normalized spacial score (nSPS) is 10.2. The molecule has 0 saturated heterocycles. The number of rotatable bonds is 5. The van der Waals surface area contributed by atoms with Crippen LogP contribution in [0.2, 0.25) is 0 Å². The van der Waals surface area contributed by atoms with Gasteiger partial charge in [0.05, 0.1) is 7.11 Å². The number of hydrogen-bond donors (Lipinski definition) is 2. The number of amides is 2. The van der Waals surface area contributed by atoms with Gasteiger partial charge in [-0.1, -0.05) is 18.2 Å². The Morgan fingerprint density at radius 1 is 0.714 bits per heavy atom. The Morgan fingerprint density at radius 2 is 1.21 bits per heavy atom. The first kappa shape index (κ1) is 19.2. The van der Waals surface area contributed by atoms with Crippen molar-refractivity contribution in [1.29, 1.82) is 0 Å². The second-order valence-corrected chi connectivity index (χ2v) is 6.48. The van der Waals surface area contributed by atoms with Crippen LogP contribution in [-0.4, -0.2) is 18.9 Å². The molecule has 2 N–H and O–H groups in total. The summed E-state index contributed by atoms with van der Waals surface area (Å²) in [5, 5.41) is 5.76. The summed E-state index contributed by atoms with van der Waals surface area (Å²) in [6.45, 7) is 3.91. The van der Waals surface area contributed by atoms with Crippen LogP contribution in [0.5, 0.6) is 5.75 Å². The van der Waals surface area contributed by atoms with E-state index in [9.17, 15) is 9.59 Å². The summed E-state index contributed by atoms with van der Waals surface area (Å²) in [5.41, 5.74) is 4.45. The molecule has 0 fully saturated rings. The highest BCUT2D eigenvalue weighted by molar-refractivity contribution is 6.07. The van der Waals surface area contributed by atoms with Crippen LogP contribution in [-0.2, 0) is 0 Å². The largest absolute Gasteiger partial charge is 0.497 e. The number of hydrogen-bond acceptors (Lipinski definition) is 3. The summed E-state index contributed by atoms with van der Waals surface area (Å²) in [6.07, 6.45) is 0. The van der Waals surface area contributed by atoms with Crippen molar-refractivity contribution in [1.82, 2.24) is 0 Å². The minimum atomic E-state index is -0.244. The van der Waals surface area contributed by atoms with Crippen molar-refractivity contribution in [2.45, 2.75) is 13.8 Å². The molecule has 3 rings (SSSR count).